The van der Waals surface area contributed by atoms with Gasteiger partial charge in [-0.05, 0) is 29.7 Å². The molecule has 0 aliphatic rings. The average Bonchev–Trinajstić information content (AvgIpc) is 2.55. The largest absolute Gasteiger partial charge is 0.273 e. The van der Waals surface area contributed by atoms with Gasteiger partial charge in [-0.1, -0.05) is 60.5 Å². The first-order valence-corrected chi connectivity index (χ1v) is 7.82. The molecule has 120 valence electrons. The van der Waals surface area contributed by atoms with Crippen molar-refractivity contribution in [2.24, 2.45) is 0 Å². The summed E-state index contributed by atoms with van der Waals surface area (Å²) in [7, 11) is 0. The Hall–Kier alpha value is -2.04. The van der Waals surface area contributed by atoms with E-state index in [0.717, 1.165) is 5.56 Å². The Bertz CT molecular complexity index is 705. The van der Waals surface area contributed by atoms with E-state index in [1.807, 2.05) is 37.3 Å². The number of halogens is 2. The molecule has 1 atom stereocenters. The summed E-state index contributed by atoms with van der Waals surface area (Å²) in [5, 5.41) is 0.655. The monoisotopic (exact) mass is 350 g/mol. The zero-order chi connectivity index (χ0) is 16.8. The third kappa shape index (κ3) is 4.98. The molecule has 0 spiro atoms. The van der Waals surface area contributed by atoms with Gasteiger partial charge in [-0.2, -0.15) is 0 Å². The van der Waals surface area contributed by atoms with Crippen LogP contribution in [-0.4, -0.2) is 11.8 Å². The van der Waals surface area contributed by atoms with Crippen LogP contribution in [0.1, 0.15) is 35.2 Å². The van der Waals surface area contributed by atoms with Crippen molar-refractivity contribution in [3.8, 4) is 0 Å². The second-order valence-corrected chi connectivity index (χ2v) is 5.99. The van der Waals surface area contributed by atoms with Crippen LogP contribution in [0.25, 0.3) is 0 Å². The van der Waals surface area contributed by atoms with Crippen molar-refractivity contribution in [1.82, 2.24) is 10.9 Å². The molecule has 6 heteroatoms. The summed E-state index contributed by atoms with van der Waals surface area (Å²) in [6.45, 7) is 1.95. The number of hydrazine groups is 1. The first-order valence-electron chi connectivity index (χ1n) is 7.06. The first-order chi connectivity index (χ1) is 11.0. The Balaban J connectivity index is 1.89. The lowest BCUT2D eigenvalue weighted by Crippen LogP contribution is -2.42. The highest BCUT2D eigenvalue weighted by Crippen LogP contribution is 2.20. The van der Waals surface area contributed by atoms with Crippen LogP contribution in [0, 0.1) is 0 Å². The van der Waals surface area contributed by atoms with Gasteiger partial charge in [0.2, 0.25) is 5.91 Å². The molecule has 0 fully saturated rings. The van der Waals surface area contributed by atoms with Crippen LogP contribution in [0.5, 0.6) is 0 Å². The summed E-state index contributed by atoms with van der Waals surface area (Å²) in [5.74, 6) is -0.756. The second kappa shape index (κ2) is 7.99. The topological polar surface area (TPSA) is 58.2 Å². The molecule has 2 N–H and O–H groups in total. The average molecular weight is 351 g/mol. The van der Waals surface area contributed by atoms with Crippen molar-refractivity contribution in [1.29, 1.82) is 0 Å². The summed E-state index contributed by atoms with van der Waals surface area (Å²) in [5.41, 5.74) is 6.00. The number of rotatable bonds is 4. The van der Waals surface area contributed by atoms with Crippen molar-refractivity contribution in [3.63, 3.8) is 0 Å². The number of nitrogens with one attached hydrogen (secondary N) is 2. The lowest BCUT2D eigenvalue weighted by molar-refractivity contribution is -0.122. The van der Waals surface area contributed by atoms with Crippen molar-refractivity contribution >= 4 is 35.0 Å². The summed E-state index contributed by atoms with van der Waals surface area (Å²) < 4.78 is 0. The van der Waals surface area contributed by atoms with Crippen LogP contribution in [0.3, 0.4) is 0 Å². The Morgan fingerprint density at radius 2 is 1.74 bits per heavy atom. The smallest absolute Gasteiger partial charge is 0.271 e. The Morgan fingerprint density at radius 3 is 2.43 bits per heavy atom. The third-order valence-corrected chi connectivity index (χ3v) is 3.91. The molecule has 23 heavy (non-hydrogen) atoms. The summed E-state index contributed by atoms with van der Waals surface area (Å²) in [4.78, 5) is 23.9. The molecule has 2 amide bonds. The van der Waals surface area contributed by atoms with Gasteiger partial charge in [0.1, 0.15) is 0 Å². The zero-order valence-corrected chi connectivity index (χ0v) is 14.0. The van der Waals surface area contributed by atoms with Crippen molar-refractivity contribution in [2.75, 3.05) is 0 Å². The second-order valence-electron chi connectivity index (χ2n) is 5.14. The fourth-order valence-electron chi connectivity index (χ4n) is 2.09. The molecule has 0 saturated carbocycles. The lowest BCUT2D eigenvalue weighted by atomic mass is 9.98. The van der Waals surface area contributed by atoms with E-state index in [1.54, 1.807) is 6.07 Å². The lowest BCUT2D eigenvalue weighted by Gasteiger charge is -2.13. The minimum atomic E-state index is -0.516. The minimum absolute atomic E-state index is 0.0443. The Morgan fingerprint density at radius 1 is 1.04 bits per heavy atom. The van der Waals surface area contributed by atoms with Gasteiger partial charge in [0.25, 0.3) is 5.91 Å². The van der Waals surface area contributed by atoms with Crippen molar-refractivity contribution in [3.05, 3.63) is 69.7 Å². The normalized spacial score (nSPS) is 11.6. The minimum Gasteiger partial charge on any atom is -0.273 e. The van der Waals surface area contributed by atoms with E-state index in [0.29, 0.717) is 5.02 Å². The zero-order valence-electron chi connectivity index (χ0n) is 12.5. The van der Waals surface area contributed by atoms with Gasteiger partial charge in [0.05, 0.1) is 10.6 Å². The highest BCUT2D eigenvalue weighted by molar-refractivity contribution is 6.35. The van der Waals surface area contributed by atoms with E-state index >= 15 is 0 Å². The SMILES string of the molecule is C[C@H](CC(=O)NNC(=O)c1cc(Cl)ccc1Cl)c1ccccc1. The molecule has 2 aromatic carbocycles. The molecule has 2 aromatic rings. The third-order valence-electron chi connectivity index (χ3n) is 3.35. The molecule has 0 heterocycles. The van der Waals surface area contributed by atoms with Gasteiger partial charge in [0.15, 0.2) is 0 Å². The summed E-state index contributed by atoms with van der Waals surface area (Å²) in [6.07, 6.45) is 0.258. The quantitative estimate of drug-likeness (QED) is 0.820. The fourth-order valence-corrected chi connectivity index (χ4v) is 2.47. The molecule has 0 bridgehead atoms. The molecule has 0 aliphatic carbocycles. The van der Waals surface area contributed by atoms with Gasteiger partial charge < -0.3 is 0 Å². The van der Waals surface area contributed by atoms with Gasteiger partial charge in [-0.25, -0.2) is 0 Å². The molecular weight excluding hydrogens is 335 g/mol. The van der Waals surface area contributed by atoms with Crippen LogP contribution in [-0.2, 0) is 4.79 Å². The fraction of sp³-hybridized carbons (Fsp3) is 0.176. The van der Waals surface area contributed by atoms with E-state index in [1.165, 1.54) is 12.1 Å². The molecule has 0 unspecified atom stereocenters. The highest BCUT2D eigenvalue weighted by Gasteiger charge is 2.14. The van der Waals surface area contributed by atoms with Gasteiger partial charge in [-0.15, -0.1) is 0 Å². The van der Waals surface area contributed by atoms with Crippen molar-refractivity contribution < 1.29 is 9.59 Å². The van der Waals surface area contributed by atoms with E-state index in [-0.39, 0.29) is 28.8 Å². The number of amides is 2. The molecule has 4 nitrogen and oxygen atoms in total. The summed E-state index contributed by atoms with van der Waals surface area (Å²) >= 11 is 11.8. The predicted molar refractivity (Wildman–Crippen MR) is 91.5 cm³/mol. The number of carbonyl (C=O) groups excluding carboxylic acids is 2. The molecular formula is C17H16Cl2N2O2. The predicted octanol–water partition coefficient (Wildman–Crippen LogP) is 3.95. The number of hydrogen-bond donors (Lipinski definition) is 2. The van der Waals surface area contributed by atoms with E-state index in [9.17, 15) is 9.59 Å². The van der Waals surface area contributed by atoms with E-state index in [4.69, 9.17) is 23.2 Å². The Kier molecular flexibility index (Phi) is 6.02. The Labute approximate surface area is 144 Å². The van der Waals surface area contributed by atoms with Gasteiger partial charge in [-0.3, -0.25) is 20.4 Å². The van der Waals surface area contributed by atoms with Crippen LogP contribution < -0.4 is 10.9 Å². The highest BCUT2D eigenvalue weighted by atomic mass is 35.5. The van der Waals surface area contributed by atoms with Crippen LogP contribution in [0.15, 0.2) is 48.5 Å². The maximum absolute atomic E-state index is 12.0. The van der Waals surface area contributed by atoms with E-state index < -0.39 is 5.91 Å². The standard InChI is InChI=1S/C17H16Cl2N2O2/c1-11(12-5-3-2-4-6-12)9-16(22)20-21-17(23)14-10-13(18)7-8-15(14)19/h2-8,10-11H,9H2,1H3,(H,20,22)(H,21,23)/t11-/m1/s1. The number of carbonyl (C=O) groups is 2. The van der Waals surface area contributed by atoms with Crippen molar-refractivity contribution in [2.45, 2.75) is 19.3 Å². The number of hydrogen-bond acceptors (Lipinski definition) is 2. The molecule has 0 saturated heterocycles. The first kappa shape index (κ1) is 17.3. The number of benzene rings is 2. The van der Waals surface area contributed by atoms with Gasteiger partial charge >= 0.3 is 0 Å². The summed E-state index contributed by atoms with van der Waals surface area (Å²) in [6, 6.07) is 14.2. The maximum Gasteiger partial charge on any atom is 0.271 e. The van der Waals surface area contributed by atoms with Crippen LogP contribution in [0.2, 0.25) is 10.0 Å². The van der Waals surface area contributed by atoms with Gasteiger partial charge in [0, 0.05) is 11.4 Å². The van der Waals surface area contributed by atoms with Crippen LogP contribution in [0.4, 0.5) is 0 Å². The molecule has 0 aromatic heterocycles. The maximum atomic E-state index is 12.0. The van der Waals surface area contributed by atoms with Crippen LogP contribution >= 0.6 is 23.2 Å². The molecule has 2 rings (SSSR count). The molecule has 0 radical (unpaired) electrons. The van der Waals surface area contributed by atoms with E-state index in [2.05, 4.69) is 10.9 Å². The molecule has 0 aliphatic heterocycles.